The lowest BCUT2D eigenvalue weighted by Gasteiger charge is -2.18. The Morgan fingerprint density at radius 2 is 0.557 bits per heavy atom. The molecule has 0 bridgehead atoms. The summed E-state index contributed by atoms with van der Waals surface area (Å²) in [5.74, 6) is -0.948. The number of hydrogen-bond acceptors (Lipinski definition) is 6. The molecule has 0 saturated heterocycles. The van der Waals surface area contributed by atoms with Crippen LogP contribution in [0, 0.1) is 0 Å². The van der Waals surface area contributed by atoms with E-state index in [-0.39, 0.29) is 31.1 Å². The molecular formula is C64H106O6. The number of ether oxygens (including phenoxy) is 3. The van der Waals surface area contributed by atoms with E-state index in [1.807, 2.05) is 0 Å². The highest BCUT2D eigenvalue weighted by atomic mass is 16.6. The van der Waals surface area contributed by atoms with Gasteiger partial charge in [0.1, 0.15) is 13.2 Å². The largest absolute Gasteiger partial charge is 0.462 e. The van der Waals surface area contributed by atoms with Crippen LogP contribution in [0.4, 0.5) is 0 Å². The average molecular weight is 972 g/mol. The smallest absolute Gasteiger partial charge is 0.306 e. The van der Waals surface area contributed by atoms with Crippen LogP contribution in [0.3, 0.4) is 0 Å². The minimum atomic E-state index is -0.802. The SMILES string of the molecule is CC/C=C\C/C=C\C/C=C\C/C=C\C/C=C\C/C=C\CCCCC(=O)OCC(COC(=O)CCCCCCCCCCCCCCCC)OC(=O)CCCCCCCCC/C=C\C/C=C\C/C=C\CC. The molecule has 0 rings (SSSR count). The summed E-state index contributed by atoms with van der Waals surface area (Å²) in [6.07, 6.45) is 77.9. The van der Waals surface area contributed by atoms with Crippen molar-refractivity contribution in [1.29, 1.82) is 0 Å². The molecule has 1 atom stereocenters. The fourth-order valence-corrected chi connectivity index (χ4v) is 7.75. The van der Waals surface area contributed by atoms with Crippen LogP contribution in [-0.4, -0.2) is 37.2 Å². The molecule has 0 aliphatic carbocycles. The number of esters is 3. The van der Waals surface area contributed by atoms with Gasteiger partial charge >= 0.3 is 17.9 Å². The van der Waals surface area contributed by atoms with Crippen molar-refractivity contribution in [3.63, 3.8) is 0 Å². The summed E-state index contributed by atoms with van der Waals surface area (Å²) in [6.45, 7) is 6.38. The molecule has 0 saturated carbocycles. The van der Waals surface area contributed by atoms with Crippen molar-refractivity contribution >= 4 is 17.9 Å². The van der Waals surface area contributed by atoms with Gasteiger partial charge in [-0.2, -0.15) is 0 Å². The molecule has 0 aromatic rings. The summed E-state index contributed by atoms with van der Waals surface area (Å²) in [6, 6.07) is 0. The number of hydrogen-bond donors (Lipinski definition) is 0. The molecule has 0 heterocycles. The number of allylic oxidation sites excluding steroid dienone is 18. The fourth-order valence-electron chi connectivity index (χ4n) is 7.75. The Hall–Kier alpha value is -3.93. The number of carbonyl (C=O) groups is 3. The zero-order valence-corrected chi connectivity index (χ0v) is 45.5. The van der Waals surface area contributed by atoms with Gasteiger partial charge in [-0.25, -0.2) is 0 Å². The van der Waals surface area contributed by atoms with Crippen molar-refractivity contribution in [1.82, 2.24) is 0 Å². The number of unbranched alkanes of at least 4 members (excludes halogenated alkanes) is 22. The van der Waals surface area contributed by atoms with Gasteiger partial charge in [0.2, 0.25) is 0 Å². The lowest BCUT2D eigenvalue weighted by atomic mass is 10.0. The fraction of sp³-hybridized carbons (Fsp3) is 0.672. The van der Waals surface area contributed by atoms with Crippen LogP contribution in [0.2, 0.25) is 0 Å². The molecule has 0 aliphatic rings. The second-order valence-electron chi connectivity index (χ2n) is 18.8. The van der Waals surface area contributed by atoms with Crippen molar-refractivity contribution in [3.8, 4) is 0 Å². The first-order chi connectivity index (χ1) is 34.5. The molecule has 0 aromatic heterocycles. The van der Waals surface area contributed by atoms with Gasteiger partial charge in [-0.05, 0) is 103 Å². The zero-order chi connectivity index (χ0) is 50.7. The van der Waals surface area contributed by atoms with Crippen molar-refractivity contribution in [3.05, 3.63) is 109 Å². The Morgan fingerprint density at radius 1 is 0.300 bits per heavy atom. The summed E-state index contributed by atoms with van der Waals surface area (Å²) < 4.78 is 16.8. The highest BCUT2D eigenvalue weighted by Crippen LogP contribution is 2.15. The molecule has 70 heavy (non-hydrogen) atoms. The Labute approximate surface area is 431 Å². The number of rotatable bonds is 51. The van der Waals surface area contributed by atoms with Crippen LogP contribution in [0.15, 0.2) is 109 Å². The Morgan fingerprint density at radius 3 is 0.900 bits per heavy atom. The topological polar surface area (TPSA) is 78.9 Å². The molecule has 0 aliphatic heterocycles. The summed E-state index contributed by atoms with van der Waals surface area (Å²) in [5.41, 5.74) is 0. The van der Waals surface area contributed by atoms with E-state index in [0.29, 0.717) is 19.3 Å². The van der Waals surface area contributed by atoms with Gasteiger partial charge in [0.25, 0.3) is 0 Å². The molecule has 398 valence electrons. The van der Waals surface area contributed by atoms with E-state index in [0.717, 1.165) is 122 Å². The lowest BCUT2D eigenvalue weighted by molar-refractivity contribution is -0.167. The van der Waals surface area contributed by atoms with Crippen LogP contribution in [0.5, 0.6) is 0 Å². The van der Waals surface area contributed by atoms with Gasteiger partial charge in [-0.3, -0.25) is 14.4 Å². The average Bonchev–Trinajstić information content (AvgIpc) is 3.36. The van der Waals surface area contributed by atoms with Crippen molar-refractivity contribution in [2.24, 2.45) is 0 Å². The Bertz CT molecular complexity index is 1440. The minimum Gasteiger partial charge on any atom is -0.462 e. The maximum atomic E-state index is 12.9. The second-order valence-corrected chi connectivity index (χ2v) is 18.8. The van der Waals surface area contributed by atoms with Crippen molar-refractivity contribution < 1.29 is 28.6 Å². The van der Waals surface area contributed by atoms with Crippen molar-refractivity contribution in [2.45, 2.75) is 264 Å². The van der Waals surface area contributed by atoms with Gasteiger partial charge in [0.05, 0.1) is 0 Å². The van der Waals surface area contributed by atoms with Gasteiger partial charge in [-0.1, -0.05) is 246 Å². The first-order valence-corrected chi connectivity index (χ1v) is 28.9. The third kappa shape index (κ3) is 55.0. The summed E-state index contributed by atoms with van der Waals surface area (Å²) in [7, 11) is 0. The predicted molar refractivity (Wildman–Crippen MR) is 302 cm³/mol. The first kappa shape index (κ1) is 66.1. The van der Waals surface area contributed by atoms with Gasteiger partial charge < -0.3 is 14.2 Å². The summed E-state index contributed by atoms with van der Waals surface area (Å²) in [5, 5.41) is 0. The molecule has 0 spiro atoms. The van der Waals surface area contributed by atoms with Gasteiger partial charge in [-0.15, -0.1) is 0 Å². The van der Waals surface area contributed by atoms with E-state index in [1.54, 1.807) is 0 Å². The monoisotopic (exact) mass is 971 g/mol. The zero-order valence-electron chi connectivity index (χ0n) is 45.5. The minimum absolute atomic E-state index is 0.0956. The van der Waals surface area contributed by atoms with E-state index in [2.05, 4.69) is 130 Å². The quantitative estimate of drug-likeness (QED) is 0.0262. The van der Waals surface area contributed by atoms with Crippen LogP contribution in [0.1, 0.15) is 258 Å². The molecule has 0 aromatic carbocycles. The molecule has 1 unspecified atom stereocenters. The van der Waals surface area contributed by atoms with E-state index in [9.17, 15) is 14.4 Å². The third-order valence-corrected chi connectivity index (χ3v) is 12.0. The van der Waals surface area contributed by atoms with Crippen molar-refractivity contribution in [2.75, 3.05) is 13.2 Å². The van der Waals surface area contributed by atoms with Gasteiger partial charge in [0.15, 0.2) is 6.10 Å². The highest BCUT2D eigenvalue weighted by molar-refractivity contribution is 5.71. The summed E-state index contributed by atoms with van der Waals surface area (Å²) in [4.78, 5) is 38.2. The van der Waals surface area contributed by atoms with Crippen LogP contribution >= 0.6 is 0 Å². The van der Waals surface area contributed by atoms with E-state index in [1.165, 1.54) is 96.3 Å². The highest BCUT2D eigenvalue weighted by Gasteiger charge is 2.19. The molecule has 6 nitrogen and oxygen atoms in total. The van der Waals surface area contributed by atoms with Crippen LogP contribution in [-0.2, 0) is 28.6 Å². The molecule has 0 N–H and O–H groups in total. The first-order valence-electron chi connectivity index (χ1n) is 28.9. The van der Waals surface area contributed by atoms with E-state index in [4.69, 9.17) is 14.2 Å². The molecule has 0 amide bonds. The second kappa shape index (κ2) is 57.6. The summed E-state index contributed by atoms with van der Waals surface area (Å²) >= 11 is 0. The standard InChI is InChI=1S/C64H106O6/c1-4-7-10-13-16-19-22-25-28-30-31-32-33-35-36-39-42-45-48-51-54-57-63(66)69-60-61(59-68-62(65)56-53-50-47-44-41-38-27-24-21-18-15-12-9-6-3)70-64(67)58-55-52-49-46-43-40-37-34-29-26-23-20-17-14-11-8-5-2/h7-8,10-11,16-17,19-20,25-26,28-29,31-32,35-36,42,45,61H,4-6,9,12-15,18,21-24,27,30,33-34,37-41,43-44,46-60H2,1-3H3/b10-7-,11-8-,19-16-,20-17-,28-25-,29-26-,32-31-,36-35-,45-42-. The maximum Gasteiger partial charge on any atom is 0.306 e. The van der Waals surface area contributed by atoms with Gasteiger partial charge in [0, 0.05) is 19.3 Å². The van der Waals surface area contributed by atoms with E-state index >= 15 is 0 Å². The Kier molecular flexibility index (Phi) is 54.4. The normalized spacial score (nSPS) is 12.9. The lowest BCUT2D eigenvalue weighted by Crippen LogP contribution is -2.30. The molecule has 6 heteroatoms. The van der Waals surface area contributed by atoms with E-state index < -0.39 is 6.10 Å². The van der Waals surface area contributed by atoms with Crippen LogP contribution < -0.4 is 0 Å². The maximum absolute atomic E-state index is 12.9. The third-order valence-electron chi connectivity index (χ3n) is 12.0. The molecular weight excluding hydrogens is 865 g/mol. The molecule has 0 radical (unpaired) electrons. The predicted octanol–water partition coefficient (Wildman–Crippen LogP) is 19.5. The Balaban J connectivity index is 4.48. The van der Waals surface area contributed by atoms with Crippen LogP contribution in [0.25, 0.3) is 0 Å². The number of carbonyl (C=O) groups excluding carboxylic acids is 3. The molecule has 0 fully saturated rings.